The molecule has 22 heavy (non-hydrogen) atoms. The van der Waals surface area contributed by atoms with Crippen LogP contribution in [0.25, 0.3) is 0 Å². The number of carbonyl (C=O) groups excluding carboxylic acids is 1. The number of benzene rings is 2. The van der Waals surface area contributed by atoms with Gasteiger partial charge in [0.1, 0.15) is 0 Å². The molecule has 0 spiro atoms. The van der Waals surface area contributed by atoms with E-state index in [1.807, 2.05) is 54.6 Å². The molecule has 0 aromatic heterocycles. The molecule has 2 aromatic rings. The van der Waals surface area contributed by atoms with Crippen molar-refractivity contribution >= 4 is 17.5 Å². The van der Waals surface area contributed by atoms with Gasteiger partial charge >= 0.3 is 0 Å². The molecule has 110 valence electrons. The van der Waals surface area contributed by atoms with E-state index in [2.05, 4.69) is 17.2 Å². The number of carbonyl (C=O) groups is 1. The maximum absolute atomic E-state index is 12.4. The topological polar surface area (TPSA) is 29.1 Å². The zero-order valence-electron chi connectivity index (χ0n) is 12.1. The van der Waals surface area contributed by atoms with Crippen LogP contribution in [0.15, 0.2) is 54.6 Å². The summed E-state index contributed by atoms with van der Waals surface area (Å²) in [5.74, 6) is 6.06. The van der Waals surface area contributed by atoms with Crippen LogP contribution in [0.3, 0.4) is 0 Å². The molecule has 1 aliphatic rings. The van der Waals surface area contributed by atoms with E-state index in [0.717, 1.165) is 24.0 Å². The third kappa shape index (κ3) is 3.16. The average Bonchev–Trinajstić information content (AvgIpc) is 3.34. The van der Waals surface area contributed by atoms with Crippen molar-refractivity contribution in [1.82, 2.24) is 5.32 Å². The monoisotopic (exact) mass is 309 g/mol. The summed E-state index contributed by atoms with van der Waals surface area (Å²) in [5.41, 5.74) is 1.54. The van der Waals surface area contributed by atoms with Gasteiger partial charge in [-0.3, -0.25) is 4.79 Å². The van der Waals surface area contributed by atoms with Crippen LogP contribution in [0, 0.1) is 11.8 Å². The van der Waals surface area contributed by atoms with E-state index < -0.39 is 5.41 Å². The van der Waals surface area contributed by atoms with Crippen LogP contribution in [0.1, 0.15) is 24.0 Å². The third-order valence-electron chi connectivity index (χ3n) is 3.91. The molecule has 3 heteroatoms. The van der Waals surface area contributed by atoms with E-state index in [-0.39, 0.29) is 5.91 Å². The molecular formula is C19H16ClNO. The number of hydrogen-bond donors (Lipinski definition) is 1. The Labute approximate surface area is 135 Å². The van der Waals surface area contributed by atoms with Crippen LogP contribution in [0.2, 0.25) is 5.02 Å². The first-order valence-corrected chi connectivity index (χ1v) is 7.67. The Bertz CT molecular complexity index is 739. The van der Waals surface area contributed by atoms with Gasteiger partial charge < -0.3 is 5.32 Å². The van der Waals surface area contributed by atoms with Gasteiger partial charge in [0.2, 0.25) is 5.91 Å². The molecule has 2 aromatic carbocycles. The highest BCUT2D eigenvalue weighted by atomic mass is 35.5. The molecule has 0 unspecified atom stereocenters. The molecule has 1 saturated carbocycles. The lowest BCUT2D eigenvalue weighted by atomic mass is 9.95. The van der Waals surface area contributed by atoms with Gasteiger partial charge in [0, 0.05) is 10.6 Å². The fraction of sp³-hybridized carbons (Fsp3) is 0.211. The van der Waals surface area contributed by atoms with Gasteiger partial charge in [0.15, 0.2) is 0 Å². The first-order valence-electron chi connectivity index (χ1n) is 7.29. The number of nitrogens with one attached hydrogen (secondary N) is 1. The molecule has 0 heterocycles. The smallest absolute Gasteiger partial charge is 0.231 e. The van der Waals surface area contributed by atoms with Crippen LogP contribution in [0.4, 0.5) is 0 Å². The molecule has 2 nitrogen and oxygen atoms in total. The predicted molar refractivity (Wildman–Crippen MR) is 88.7 cm³/mol. The normalized spacial score (nSPS) is 14.6. The Hall–Kier alpha value is -2.24. The van der Waals surface area contributed by atoms with Crippen molar-refractivity contribution in [3.8, 4) is 11.8 Å². The molecule has 0 bridgehead atoms. The van der Waals surface area contributed by atoms with Gasteiger partial charge in [-0.25, -0.2) is 0 Å². The van der Waals surface area contributed by atoms with Crippen molar-refractivity contribution < 1.29 is 4.79 Å². The Balaban J connectivity index is 1.62. The average molecular weight is 310 g/mol. The molecule has 1 fully saturated rings. The van der Waals surface area contributed by atoms with E-state index in [1.54, 1.807) is 0 Å². The maximum Gasteiger partial charge on any atom is 0.231 e. The van der Waals surface area contributed by atoms with Crippen molar-refractivity contribution in [1.29, 1.82) is 0 Å². The van der Waals surface area contributed by atoms with Crippen LogP contribution in [-0.4, -0.2) is 12.5 Å². The summed E-state index contributed by atoms with van der Waals surface area (Å²) in [7, 11) is 0. The van der Waals surface area contributed by atoms with Gasteiger partial charge in [-0.2, -0.15) is 0 Å². The molecule has 1 aliphatic carbocycles. The molecule has 1 amide bonds. The van der Waals surface area contributed by atoms with Crippen molar-refractivity contribution in [2.75, 3.05) is 6.54 Å². The largest absolute Gasteiger partial charge is 0.344 e. The van der Waals surface area contributed by atoms with Crippen molar-refractivity contribution in [3.63, 3.8) is 0 Å². The van der Waals surface area contributed by atoms with Crippen LogP contribution in [-0.2, 0) is 10.2 Å². The number of halogens is 1. The van der Waals surface area contributed by atoms with Gasteiger partial charge in [0.25, 0.3) is 0 Å². The summed E-state index contributed by atoms with van der Waals surface area (Å²) in [4.78, 5) is 12.4. The molecule has 1 N–H and O–H groups in total. The van der Waals surface area contributed by atoms with Gasteiger partial charge in [-0.1, -0.05) is 53.8 Å². The highest BCUT2D eigenvalue weighted by Gasteiger charge is 2.51. The number of hydrogen-bond acceptors (Lipinski definition) is 1. The fourth-order valence-electron chi connectivity index (χ4n) is 2.52. The Morgan fingerprint density at radius 3 is 2.59 bits per heavy atom. The van der Waals surface area contributed by atoms with Gasteiger partial charge in [-0.15, -0.1) is 0 Å². The van der Waals surface area contributed by atoms with E-state index >= 15 is 0 Å². The predicted octanol–water partition coefficient (Wildman–Crippen LogP) is 3.54. The molecule has 0 radical (unpaired) electrons. The Kier molecular flexibility index (Phi) is 4.18. The standard InChI is InChI=1S/C19H16ClNO/c20-17-10-4-9-16(14-17)19(11-12-19)18(22)21-13-5-8-15-6-2-1-3-7-15/h1-4,6-7,9-10,14H,11-13H2,(H,21,22). The van der Waals surface area contributed by atoms with Gasteiger partial charge in [0.05, 0.1) is 12.0 Å². The summed E-state index contributed by atoms with van der Waals surface area (Å²) in [5, 5.41) is 3.59. The lowest BCUT2D eigenvalue weighted by molar-refractivity contribution is -0.123. The Morgan fingerprint density at radius 2 is 1.91 bits per heavy atom. The Morgan fingerprint density at radius 1 is 1.14 bits per heavy atom. The van der Waals surface area contributed by atoms with E-state index in [1.165, 1.54) is 0 Å². The minimum atomic E-state index is -0.403. The lowest BCUT2D eigenvalue weighted by Crippen LogP contribution is -2.34. The first-order chi connectivity index (χ1) is 10.7. The lowest BCUT2D eigenvalue weighted by Gasteiger charge is -2.14. The SMILES string of the molecule is O=C(NCC#Cc1ccccc1)C1(c2cccc(Cl)c2)CC1. The van der Waals surface area contributed by atoms with Crippen LogP contribution in [0.5, 0.6) is 0 Å². The van der Waals surface area contributed by atoms with E-state index in [4.69, 9.17) is 11.6 Å². The minimum absolute atomic E-state index is 0.0390. The molecular weight excluding hydrogens is 294 g/mol. The maximum atomic E-state index is 12.4. The second-order valence-corrected chi connectivity index (χ2v) is 5.88. The summed E-state index contributed by atoms with van der Waals surface area (Å²) < 4.78 is 0. The van der Waals surface area contributed by atoms with Crippen molar-refractivity contribution in [2.24, 2.45) is 0 Å². The second kappa shape index (κ2) is 6.25. The second-order valence-electron chi connectivity index (χ2n) is 5.44. The third-order valence-corrected chi connectivity index (χ3v) is 4.14. The summed E-state index contributed by atoms with van der Waals surface area (Å²) in [6, 6.07) is 17.3. The fourth-order valence-corrected chi connectivity index (χ4v) is 2.71. The van der Waals surface area contributed by atoms with Crippen molar-refractivity contribution in [3.05, 3.63) is 70.7 Å². The first kappa shape index (κ1) is 14.7. The van der Waals surface area contributed by atoms with Gasteiger partial charge in [-0.05, 0) is 42.7 Å². The van der Waals surface area contributed by atoms with Crippen LogP contribution < -0.4 is 5.32 Å². The molecule has 0 aliphatic heterocycles. The number of amides is 1. The van der Waals surface area contributed by atoms with E-state index in [9.17, 15) is 4.79 Å². The zero-order chi connectivity index (χ0) is 15.4. The molecule has 0 atom stereocenters. The van der Waals surface area contributed by atoms with E-state index in [0.29, 0.717) is 11.6 Å². The molecule has 3 rings (SSSR count). The highest BCUT2D eigenvalue weighted by Crippen LogP contribution is 2.48. The summed E-state index contributed by atoms with van der Waals surface area (Å²) in [6.07, 6.45) is 1.73. The summed E-state index contributed by atoms with van der Waals surface area (Å²) >= 11 is 6.02. The quantitative estimate of drug-likeness (QED) is 0.863. The number of rotatable bonds is 3. The minimum Gasteiger partial charge on any atom is -0.344 e. The molecule has 0 saturated heterocycles. The summed E-state index contributed by atoms with van der Waals surface area (Å²) in [6.45, 7) is 0.357. The van der Waals surface area contributed by atoms with Crippen LogP contribution >= 0.6 is 11.6 Å². The zero-order valence-corrected chi connectivity index (χ0v) is 12.9. The van der Waals surface area contributed by atoms with Crippen molar-refractivity contribution in [2.45, 2.75) is 18.3 Å². The highest BCUT2D eigenvalue weighted by molar-refractivity contribution is 6.30.